The van der Waals surface area contributed by atoms with E-state index in [9.17, 15) is 0 Å². The molecule has 0 saturated heterocycles. The number of aryl methyl sites for hydroxylation is 1. The van der Waals surface area contributed by atoms with E-state index >= 15 is 0 Å². The lowest BCUT2D eigenvalue weighted by atomic mass is 9.86. The molecule has 0 fully saturated rings. The van der Waals surface area contributed by atoms with Crippen LogP contribution in [0.3, 0.4) is 0 Å². The van der Waals surface area contributed by atoms with E-state index in [4.69, 9.17) is 4.74 Å². The Balaban J connectivity index is 1.99. The predicted octanol–water partition coefficient (Wildman–Crippen LogP) is 5.22. The van der Waals surface area contributed by atoms with Crippen molar-refractivity contribution in [1.29, 1.82) is 0 Å². The predicted molar refractivity (Wildman–Crippen MR) is 127 cm³/mol. The van der Waals surface area contributed by atoms with Crippen molar-refractivity contribution < 1.29 is 4.74 Å². The van der Waals surface area contributed by atoms with Crippen molar-refractivity contribution in [3.05, 3.63) is 89.0 Å². The van der Waals surface area contributed by atoms with Gasteiger partial charge in [0.25, 0.3) is 0 Å². The molecule has 1 atom stereocenters. The molecule has 152 valence electrons. The summed E-state index contributed by atoms with van der Waals surface area (Å²) >= 11 is 0. The third-order valence-electron chi connectivity index (χ3n) is 5.02. The van der Waals surface area contributed by atoms with Gasteiger partial charge in [-0.2, -0.15) is 0 Å². The van der Waals surface area contributed by atoms with Crippen molar-refractivity contribution in [3.8, 4) is 5.75 Å². The molecule has 3 aromatic rings. The van der Waals surface area contributed by atoms with Gasteiger partial charge in [-0.05, 0) is 53.0 Å². The summed E-state index contributed by atoms with van der Waals surface area (Å²) in [6.45, 7) is 10.5. The molecule has 3 aromatic carbocycles. The van der Waals surface area contributed by atoms with Crippen LogP contribution in [0, 0.1) is 6.92 Å². The number of nitrogens with one attached hydrogen (secondary N) is 1. The van der Waals surface area contributed by atoms with Crippen LogP contribution in [-0.4, -0.2) is 7.05 Å². The van der Waals surface area contributed by atoms with E-state index in [-0.39, 0.29) is 5.41 Å². The summed E-state index contributed by atoms with van der Waals surface area (Å²) in [5, 5.41) is 5.95. The fourth-order valence-electron chi connectivity index (χ4n) is 3.35. The second-order valence-corrected chi connectivity index (χ2v) is 9.83. The van der Waals surface area contributed by atoms with Gasteiger partial charge in [-0.25, -0.2) is 0 Å². The van der Waals surface area contributed by atoms with Gasteiger partial charge < -0.3 is 10.1 Å². The van der Waals surface area contributed by atoms with Crippen molar-refractivity contribution in [2.45, 2.75) is 46.3 Å². The van der Waals surface area contributed by atoms with Gasteiger partial charge in [0.2, 0.25) is 0 Å². The molecule has 3 heteroatoms. The maximum Gasteiger partial charge on any atom is 0.130 e. The maximum absolute atomic E-state index is 6.39. The lowest BCUT2D eigenvalue weighted by molar-refractivity contribution is 0.306. The molecule has 0 amide bonds. The van der Waals surface area contributed by atoms with Crippen LogP contribution < -0.4 is 20.7 Å². The van der Waals surface area contributed by atoms with Crippen LogP contribution in [0.25, 0.3) is 0 Å². The molecule has 0 saturated carbocycles. The number of hydrogen-bond acceptors (Lipinski definition) is 2. The average molecular weight is 406 g/mol. The lowest BCUT2D eigenvalue weighted by Gasteiger charge is -2.24. The first-order chi connectivity index (χ1) is 13.9. The topological polar surface area (TPSA) is 21.3 Å². The van der Waals surface area contributed by atoms with E-state index in [1.54, 1.807) is 0 Å². The molecular formula is C26H32NOP. The van der Waals surface area contributed by atoms with Gasteiger partial charge in [0.05, 0.1) is 0 Å². The van der Waals surface area contributed by atoms with Gasteiger partial charge in [-0.3, -0.25) is 0 Å². The van der Waals surface area contributed by atoms with Crippen molar-refractivity contribution in [2.24, 2.45) is 0 Å². The zero-order valence-electron chi connectivity index (χ0n) is 18.2. The Kier molecular flexibility index (Phi) is 7.11. The summed E-state index contributed by atoms with van der Waals surface area (Å²) in [6, 6.07) is 23.7. The number of ether oxygens (including phenoxy) is 1. The van der Waals surface area contributed by atoms with Crippen molar-refractivity contribution in [1.82, 2.24) is 5.32 Å². The van der Waals surface area contributed by atoms with E-state index < -0.39 is 0 Å². The summed E-state index contributed by atoms with van der Waals surface area (Å²) in [4.78, 5) is 0. The Labute approximate surface area is 177 Å². The number of rotatable bonds is 7. The normalized spacial score (nSPS) is 11.9. The fraction of sp³-hybridized carbons (Fsp3) is 0.308. The third-order valence-corrected chi connectivity index (χ3v) is 6.42. The Hall–Kier alpha value is -2.15. The highest BCUT2D eigenvalue weighted by molar-refractivity contribution is 7.55. The van der Waals surface area contributed by atoms with Gasteiger partial charge >= 0.3 is 0 Å². The van der Waals surface area contributed by atoms with E-state index in [2.05, 4.69) is 93.7 Å². The molecule has 0 radical (unpaired) electrons. The molecule has 0 aliphatic heterocycles. The molecular weight excluding hydrogens is 373 g/mol. The standard InChI is InChI=1S/C26H32NOP/c1-19-15-22(26(2,3)4)16-24(25(19)28-18-20-11-7-6-8-12-20)29-23-14-10-9-13-21(23)17-27-5/h6-16,27,29H,17-18H2,1-5H3. The molecule has 1 unspecified atom stereocenters. The van der Waals surface area contributed by atoms with Crippen molar-refractivity contribution >= 4 is 19.2 Å². The first-order valence-corrected chi connectivity index (χ1v) is 11.2. The van der Waals surface area contributed by atoms with Crippen LogP contribution in [0.5, 0.6) is 5.75 Å². The van der Waals surface area contributed by atoms with Crippen LogP contribution >= 0.6 is 8.58 Å². The summed E-state index contributed by atoms with van der Waals surface area (Å²) in [5.41, 5.74) is 5.21. The minimum atomic E-state index is 0.104. The summed E-state index contributed by atoms with van der Waals surface area (Å²) in [7, 11) is 2.56. The van der Waals surface area contributed by atoms with Crippen LogP contribution in [0.4, 0.5) is 0 Å². The molecule has 0 heterocycles. The molecule has 0 bridgehead atoms. The second kappa shape index (κ2) is 9.57. The van der Waals surface area contributed by atoms with Gasteiger partial charge in [0.15, 0.2) is 0 Å². The Bertz CT molecular complexity index is 945. The highest BCUT2D eigenvalue weighted by atomic mass is 31.1. The summed E-state index contributed by atoms with van der Waals surface area (Å²) < 4.78 is 6.39. The van der Waals surface area contributed by atoms with E-state index in [0.717, 1.165) is 12.3 Å². The molecule has 29 heavy (non-hydrogen) atoms. The smallest absolute Gasteiger partial charge is 0.130 e. The molecule has 2 nitrogen and oxygen atoms in total. The largest absolute Gasteiger partial charge is 0.488 e. The molecule has 0 spiro atoms. The Morgan fingerprint density at radius 3 is 2.28 bits per heavy atom. The zero-order chi connectivity index (χ0) is 20.9. The van der Waals surface area contributed by atoms with E-state index in [1.165, 1.54) is 32.9 Å². The van der Waals surface area contributed by atoms with Crippen LogP contribution in [0.2, 0.25) is 0 Å². The highest BCUT2D eigenvalue weighted by Gasteiger charge is 2.19. The quantitative estimate of drug-likeness (QED) is 0.544. The lowest BCUT2D eigenvalue weighted by Crippen LogP contribution is -2.19. The first-order valence-electron chi connectivity index (χ1n) is 10.2. The Morgan fingerprint density at radius 2 is 1.59 bits per heavy atom. The van der Waals surface area contributed by atoms with Gasteiger partial charge in [-0.15, -0.1) is 0 Å². The van der Waals surface area contributed by atoms with Crippen molar-refractivity contribution in [3.63, 3.8) is 0 Å². The minimum absolute atomic E-state index is 0.104. The number of hydrogen-bond donors (Lipinski definition) is 1. The van der Waals surface area contributed by atoms with Gasteiger partial charge in [-0.1, -0.05) is 90.0 Å². The first kappa shape index (κ1) is 21.6. The molecule has 0 aromatic heterocycles. The van der Waals surface area contributed by atoms with Crippen LogP contribution in [0.1, 0.15) is 43.0 Å². The zero-order valence-corrected chi connectivity index (χ0v) is 19.2. The molecule has 0 aliphatic carbocycles. The van der Waals surface area contributed by atoms with Gasteiger partial charge in [0.1, 0.15) is 12.4 Å². The Morgan fingerprint density at radius 1 is 0.897 bits per heavy atom. The van der Waals surface area contributed by atoms with E-state index in [0.29, 0.717) is 15.2 Å². The minimum Gasteiger partial charge on any atom is -0.488 e. The number of benzene rings is 3. The second-order valence-electron chi connectivity index (χ2n) is 8.51. The third kappa shape index (κ3) is 5.69. The maximum atomic E-state index is 6.39. The monoisotopic (exact) mass is 405 g/mol. The summed E-state index contributed by atoms with van der Waals surface area (Å²) in [6.07, 6.45) is 0. The summed E-state index contributed by atoms with van der Waals surface area (Å²) in [5.74, 6) is 1.03. The highest BCUT2D eigenvalue weighted by Crippen LogP contribution is 2.31. The fourth-order valence-corrected chi connectivity index (χ4v) is 4.77. The molecule has 1 N–H and O–H groups in total. The van der Waals surface area contributed by atoms with Crippen LogP contribution in [0.15, 0.2) is 66.7 Å². The molecule has 0 aliphatic rings. The van der Waals surface area contributed by atoms with Crippen molar-refractivity contribution in [2.75, 3.05) is 7.05 Å². The average Bonchev–Trinajstić information content (AvgIpc) is 2.69. The van der Waals surface area contributed by atoms with Gasteiger partial charge in [0, 0.05) is 11.8 Å². The molecule has 3 rings (SSSR count). The SMILES string of the molecule is CNCc1ccccc1Pc1cc(C(C)(C)C)cc(C)c1OCc1ccccc1. The van der Waals surface area contributed by atoms with E-state index in [1.807, 2.05) is 13.1 Å². The van der Waals surface area contributed by atoms with Crippen LogP contribution in [-0.2, 0) is 18.6 Å².